The third kappa shape index (κ3) is 1.06. The van der Waals surface area contributed by atoms with Crippen LogP contribution in [0, 0.1) is 0 Å². The van der Waals surface area contributed by atoms with Crippen LogP contribution in [0.1, 0.15) is 45.8 Å². The SMILES string of the molecule is C[C@H]1CC(=O)c2[nH]c(C(=O)O)cc21. The number of ketones is 1. The van der Waals surface area contributed by atoms with Crippen molar-refractivity contribution >= 4 is 11.8 Å². The predicted molar refractivity (Wildman–Crippen MR) is 45.1 cm³/mol. The van der Waals surface area contributed by atoms with Crippen LogP contribution in [0.2, 0.25) is 0 Å². The van der Waals surface area contributed by atoms with Crippen molar-refractivity contribution in [3.63, 3.8) is 0 Å². The molecule has 4 nitrogen and oxygen atoms in total. The summed E-state index contributed by atoms with van der Waals surface area (Å²) in [5.74, 6) is -0.865. The second-order valence-electron chi connectivity index (χ2n) is 3.35. The molecule has 1 atom stereocenters. The molecule has 0 aromatic carbocycles. The third-order valence-corrected chi connectivity index (χ3v) is 2.38. The van der Waals surface area contributed by atoms with Crippen molar-refractivity contribution in [2.45, 2.75) is 19.3 Å². The summed E-state index contributed by atoms with van der Waals surface area (Å²) >= 11 is 0. The zero-order chi connectivity index (χ0) is 9.59. The summed E-state index contributed by atoms with van der Waals surface area (Å²) < 4.78 is 0. The van der Waals surface area contributed by atoms with Gasteiger partial charge in [0.25, 0.3) is 0 Å². The minimum absolute atomic E-state index is 0.00926. The molecule has 1 aromatic heterocycles. The van der Waals surface area contributed by atoms with Crippen LogP contribution in [-0.4, -0.2) is 21.8 Å². The van der Waals surface area contributed by atoms with E-state index in [1.165, 1.54) is 0 Å². The Hall–Kier alpha value is -1.58. The monoisotopic (exact) mass is 179 g/mol. The van der Waals surface area contributed by atoms with E-state index in [2.05, 4.69) is 4.98 Å². The zero-order valence-corrected chi connectivity index (χ0v) is 7.13. The predicted octanol–water partition coefficient (Wildman–Crippen LogP) is 1.40. The van der Waals surface area contributed by atoms with E-state index < -0.39 is 5.97 Å². The fourth-order valence-corrected chi connectivity index (χ4v) is 1.70. The molecule has 1 aromatic rings. The number of aromatic carboxylic acids is 1. The molecule has 0 saturated heterocycles. The van der Waals surface area contributed by atoms with Crippen LogP contribution in [0.5, 0.6) is 0 Å². The molecule has 2 N–H and O–H groups in total. The minimum Gasteiger partial charge on any atom is -0.477 e. The summed E-state index contributed by atoms with van der Waals surface area (Å²) in [7, 11) is 0. The van der Waals surface area contributed by atoms with Gasteiger partial charge < -0.3 is 10.1 Å². The highest BCUT2D eigenvalue weighted by molar-refractivity contribution is 6.01. The fraction of sp³-hybridized carbons (Fsp3) is 0.333. The maximum atomic E-state index is 11.3. The molecule has 0 saturated carbocycles. The Morgan fingerprint density at radius 3 is 2.92 bits per heavy atom. The molecule has 1 aliphatic carbocycles. The number of nitrogens with one attached hydrogen (secondary N) is 1. The maximum absolute atomic E-state index is 11.3. The summed E-state index contributed by atoms with van der Waals surface area (Å²) in [6.45, 7) is 1.92. The Labute approximate surface area is 74.6 Å². The Balaban J connectivity index is 2.52. The summed E-state index contributed by atoms with van der Waals surface area (Å²) in [5, 5.41) is 8.67. The Kier molecular flexibility index (Phi) is 1.52. The van der Waals surface area contributed by atoms with Gasteiger partial charge in [-0.05, 0) is 17.5 Å². The van der Waals surface area contributed by atoms with Gasteiger partial charge >= 0.3 is 5.97 Å². The lowest BCUT2D eigenvalue weighted by Crippen LogP contribution is -2.00. The van der Waals surface area contributed by atoms with Gasteiger partial charge in [-0.3, -0.25) is 4.79 Å². The normalized spacial score (nSPS) is 20.4. The second kappa shape index (κ2) is 2.45. The van der Waals surface area contributed by atoms with Gasteiger partial charge in [-0.15, -0.1) is 0 Å². The van der Waals surface area contributed by atoms with E-state index >= 15 is 0 Å². The fourth-order valence-electron chi connectivity index (χ4n) is 1.70. The first kappa shape index (κ1) is 8.04. The van der Waals surface area contributed by atoms with Crippen molar-refractivity contribution in [2.75, 3.05) is 0 Å². The van der Waals surface area contributed by atoms with Crippen molar-refractivity contribution in [3.8, 4) is 0 Å². The van der Waals surface area contributed by atoms with Crippen LogP contribution in [0.25, 0.3) is 0 Å². The van der Waals surface area contributed by atoms with Crippen LogP contribution in [0.3, 0.4) is 0 Å². The van der Waals surface area contributed by atoms with Crippen LogP contribution in [0.15, 0.2) is 6.07 Å². The quantitative estimate of drug-likeness (QED) is 0.684. The van der Waals surface area contributed by atoms with Crippen molar-refractivity contribution in [3.05, 3.63) is 23.0 Å². The number of fused-ring (bicyclic) bond motifs is 1. The van der Waals surface area contributed by atoms with E-state index in [-0.39, 0.29) is 17.4 Å². The Morgan fingerprint density at radius 2 is 2.38 bits per heavy atom. The molecular formula is C9H9NO3. The molecule has 4 heteroatoms. The second-order valence-corrected chi connectivity index (χ2v) is 3.35. The van der Waals surface area contributed by atoms with Gasteiger partial charge in [-0.1, -0.05) is 6.92 Å². The van der Waals surface area contributed by atoms with Crippen molar-refractivity contribution in [1.82, 2.24) is 4.98 Å². The van der Waals surface area contributed by atoms with Crippen molar-refractivity contribution < 1.29 is 14.7 Å². The molecule has 0 amide bonds. The van der Waals surface area contributed by atoms with E-state index in [1.807, 2.05) is 6.92 Å². The molecule has 2 rings (SSSR count). The lowest BCUT2D eigenvalue weighted by atomic mass is 10.1. The molecule has 0 spiro atoms. The largest absolute Gasteiger partial charge is 0.477 e. The average molecular weight is 179 g/mol. The van der Waals surface area contributed by atoms with E-state index in [4.69, 9.17) is 5.11 Å². The molecule has 1 heterocycles. The number of carbonyl (C=O) groups excluding carboxylic acids is 1. The number of carboxylic acid groups (broad SMARTS) is 1. The molecule has 1 aliphatic rings. The van der Waals surface area contributed by atoms with Gasteiger partial charge in [0.2, 0.25) is 0 Å². The Bertz CT molecular complexity index is 392. The topological polar surface area (TPSA) is 70.2 Å². The highest BCUT2D eigenvalue weighted by Crippen LogP contribution is 2.32. The lowest BCUT2D eigenvalue weighted by Gasteiger charge is -1.96. The first-order valence-corrected chi connectivity index (χ1v) is 4.09. The number of rotatable bonds is 1. The molecule has 0 aliphatic heterocycles. The molecule has 0 bridgehead atoms. The lowest BCUT2D eigenvalue weighted by molar-refractivity contribution is 0.0691. The molecule has 0 fully saturated rings. The number of H-pyrrole nitrogens is 1. The standard InChI is InChI=1S/C9H9NO3/c1-4-2-7(11)8-5(4)3-6(10-8)9(12)13/h3-4,10H,2H2,1H3,(H,12,13)/t4-/m0/s1. The summed E-state index contributed by atoms with van der Waals surface area (Å²) in [6, 6.07) is 1.55. The molecule has 13 heavy (non-hydrogen) atoms. The third-order valence-electron chi connectivity index (χ3n) is 2.38. The highest BCUT2D eigenvalue weighted by Gasteiger charge is 2.29. The van der Waals surface area contributed by atoms with E-state index in [0.29, 0.717) is 12.1 Å². The molecule has 0 unspecified atom stereocenters. The minimum atomic E-state index is -1.02. The number of carbonyl (C=O) groups is 2. The van der Waals surface area contributed by atoms with Gasteiger partial charge in [0.1, 0.15) is 5.69 Å². The van der Waals surface area contributed by atoms with Crippen LogP contribution < -0.4 is 0 Å². The number of aromatic nitrogens is 1. The zero-order valence-electron chi connectivity index (χ0n) is 7.13. The maximum Gasteiger partial charge on any atom is 0.352 e. The van der Waals surface area contributed by atoms with Gasteiger partial charge in [0.05, 0.1) is 5.69 Å². The number of hydrogen-bond donors (Lipinski definition) is 2. The Morgan fingerprint density at radius 1 is 1.69 bits per heavy atom. The number of carboxylic acids is 1. The van der Waals surface area contributed by atoms with Crippen molar-refractivity contribution in [1.29, 1.82) is 0 Å². The summed E-state index contributed by atoms with van der Waals surface area (Å²) in [4.78, 5) is 24.5. The number of Topliss-reactive ketones (excluding diaryl/α,β-unsaturated/α-hetero) is 1. The smallest absolute Gasteiger partial charge is 0.352 e. The van der Waals surface area contributed by atoms with Crippen molar-refractivity contribution in [2.24, 2.45) is 0 Å². The number of hydrogen-bond acceptors (Lipinski definition) is 2. The first-order chi connectivity index (χ1) is 6.09. The molecule has 0 radical (unpaired) electrons. The van der Waals surface area contributed by atoms with Crippen LogP contribution >= 0.6 is 0 Å². The van der Waals surface area contributed by atoms with Gasteiger partial charge in [-0.2, -0.15) is 0 Å². The summed E-state index contributed by atoms with van der Waals surface area (Å²) in [6.07, 6.45) is 0.487. The first-order valence-electron chi connectivity index (χ1n) is 4.09. The van der Waals surface area contributed by atoms with Crippen LogP contribution in [-0.2, 0) is 0 Å². The van der Waals surface area contributed by atoms with Gasteiger partial charge in [0, 0.05) is 6.42 Å². The summed E-state index contributed by atoms with van der Waals surface area (Å²) in [5.41, 5.74) is 1.41. The number of aromatic amines is 1. The molecule has 68 valence electrons. The van der Waals surface area contributed by atoms with E-state index in [9.17, 15) is 9.59 Å². The van der Waals surface area contributed by atoms with Gasteiger partial charge in [0.15, 0.2) is 5.78 Å². The molecular weight excluding hydrogens is 170 g/mol. The van der Waals surface area contributed by atoms with E-state index in [0.717, 1.165) is 5.56 Å². The highest BCUT2D eigenvalue weighted by atomic mass is 16.4. The average Bonchev–Trinajstić information content (AvgIpc) is 2.55. The van der Waals surface area contributed by atoms with E-state index in [1.54, 1.807) is 6.07 Å². The van der Waals surface area contributed by atoms with Crippen LogP contribution in [0.4, 0.5) is 0 Å². The van der Waals surface area contributed by atoms with Gasteiger partial charge in [-0.25, -0.2) is 4.79 Å².